The van der Waals surface area contributed by atoms with E-state index in [1.165, 1.54) is 30.3 Å². The summed E-state index contributed by atoms with van der Waals surface area (Å²) >= 11 is 12.2. The van der Waals surface area contributed by atoms with Gasteiger partial charge in [-0.3, -0.25) is 14.9 Å². The Kier molecular flexibility index (Phi) is 5.53. The number of hydrogen-bond donors (Lipinski definition) is 3. The minimum atomic E-state index is -0.795. The fourth-order valence-electron chi connectivity index (χ4n) is 2.83. The number of nitro benzene ring substituents is 1. The molecule has 0 bridgehead atoms. The highest BCUT2D eigenvalue weighted by atomic mass is 35.5. The van der Waals surface area contributed by atoms with Crippen LogP contribution in [-0.4, -0.2) is 16.9 Å². The quantitative estimate of drug-likeness (QED) is 0.508. The van der Waals surface area contributed by atoms with Crippen LogP contribution in [-0.2, 0) is 4.79 Å². The maximum absolute atomic E-state index is 12.9. The zero-order chi connectivity index (χ0) is 20.4. The number of carbonyl (C=O) groups excluding carboxylic acids is 2. The molecule has 10 heteroatoms. The van der Waals surface area contributed by atoms with Gasteiger partial charge < -0.3 is 16.0 Å². The molecule has 3 amide bonds. The van der Waals surface area contributed by atoms with E-state index in [0.717, 1.165) is 0 Å². The maximum atomic E-state index is 12.9. The van der Waals surface area contributed by atoms with Crippen molar-refractivity contribution in [1.82, 2.24) is 10.6 Å². The largest absolute Gasteiger partial charge is 0.327 e. The van der Waals surface area contributed by atoms with Crippen LogP contribution in [0.1, 0.15) is 18.5 Å². The molecule has 3 N–H and O–H groups in total. The molecule has 1 atom stereocenters. The minimum absolute atomic E-state index is 0.0918. The zero-order valence-corrected chi connectivity index (χ0v) is 16.0. The van der Waals surface area contributed by atoms with E-state index in [2.05, 4.69) is 16.0 Å². The van der Waals surface area contributed by atoms with E-state index in [1.54, 1.807) is 19.1 Å². The first kappa shape index (κ1) is 19.7. The first-order valence-corrected chi connectivity index (χ1v) is 8.81. The molecule has 0 aromatic heterocycles. The highest BCUT2D eigenvalue weighted by Crippen LogP contribution is 2.33. The smallest absolute Gasteiger partial charge is 0.319 e. The standard InChI is InChI=1S/C18H14Cl2N4O4/c1-9-15(17(25)22-11-3-5-12(6-4-11)24(27)28)16(23-18(26)21-9)13-7-2-10(19)8-14(13)20/h2-8,16H,1H3,(H,22,25)(H2,21,23,26). The van der Waals surface area contributed by atoms with Gasteiger partial charge in [-0.1, -0.05) is 29.3 Å². The highest BCUT2D eigenvalue weighted by molar-refractivity contribution is 6.35. The summed E-state index contributed by atoms with van der Waals surface area (Å²) in [6.45, 7) is 1.60. The molecule has 0 fully saturated rings. The van der Waals surface area contributed by atoms with Gasteiger partial charge in [-0.25, -0.2) is 4.79 Å². The second-order valence-electron chi connectivity index (χ2n) is 5.99. The Labute approximate surface area is 169 Å². The fraction of sp³-hybridized carbons (Fsp3) is 0.111. The molecule has 1 unspecified atom stereocenters. The summed E-state index contributed by atoms with van der Waals surface area (Å²) in [4.78, 5) is 35.1. The third kappa shape index (κ3) is 4.08. The molecule has 2 aromatic carbocycles. The number of hydrogen-bond acceptors (Lipinski definition) is 4. The van der Waals surface area contributed by atoms with Gasteiger partial charge in [0, 0.05) is 33.6 Å². The summed E-state index contributed by atoms with van der Waals surface area (Å²) in [5.74, 6) is -0.491. The summed E-state index contributed by atoms with van der Waals surface area (Å²) in [7, 11) is 0. The summed E-state index contributed by atoms with van der Waals surface area (Å²) in [6, 6.07) is 8.91. The molecule has 3 rings (SSSR count). The number of allylic oxidation sites excluding steroid dienone is 1. The molecule has 1 aliphatic heterocycles. The lowest BCUT2D eigenvalue weighted by Gasteiger charge is -2.29. The van der Waals surface area contributed by atoms with Gasteiger partial charge in [0.05, 0.1) is 16.5 Å². The molecule has 144 valence electrons. The van der Waals surface area contributed by atoms with E-state index in [4.69, 9.17) is 23.2 Å². The molecule has 1 heterocycles. The Hall–Kier alpha value is -3.10. The molecule has 0 radical (unpaired) electrons. The number of carbonyl (C=O) groups is 2. The van der Waals surface area contributed by atoms with Gasteiger partial charge >= 0.3 is 6.03 Å². The van der Waals surface area contributed by atoms with Crippen LogP contribution in [0, 0.1) is 10.1 Å². The SMILES string of the molecule is CC1=C(C(=O)Nc2ccc([N+](=O)[O-])cc2)C(c2ccc(Cl)cc2Cl)NC(=O)N1. The molecule has 0 aliphatic carbocycles. The lowest BCUT2D eigenvalue weighted by atomic mass is 9.94. The van der Waals surface area contributed by atoms with Crippen LogP contribution in [0.15, 0.2) is 53.7 Å². The van der Waals surface area contributed by atoms with Crippen molar-refractivity contribution in [3.63, 3.8) is 0 Å². The second-order valence-corrected chi connectivity index (χ2v) is 6.84. The van der Waals surface area contributed by atoms with Gasteiger partial charge in [-0.05, 0) is 36.8 Å². The molecule has 0 saturated heterocycles. The normalized spacial score (nSPS) is 16.2. The number of non-ortho nitro benzene ring substituents is 1. The molecule has 8 nitrogen and oxygen atoms in total. The van der Waals surface area contributed by atoms with Gasteiger partial charge in [0.15, 0.2) is 0 Å². The number of amides is 3. The minimum Gasteiger partial charge on any atom is -0.327 e. The van der Waals surface area contributed by atoms with Gasteiger partial charge in [0.2, 0.25) is 0 Å². The van der Waals surface area contributed by atoms with Gasteiger partial charge in [-0.15, -0.1) is 0 Å². The van der Waals surface area contributed by atoms with Crippen molar-refractivity contribution in [2.45, 2.75) is 13.0 Å². The molecule has 1 aliphatic rings. The predicted octanol–water partition coefficient (Wildman–Crippen LogP) is 4.17. The van der Waals surface area contributed by atoms with E-state index in [0.29, 0.717) is 27.0 Å². The van der Waals surface area contributed by atoms with Crippen LogP contribution in [0.5, 0.6) is 0 Å². The van der Waals surface area contributed by atoms with Crippen molar-refractivity contribution in [2.75, 3.05) is 5.32 Å². The Morgan fingerprint density at radius 3 is 2.46 bits per heavy atom. The van der Waals surface area contributed by atoms with Crippen LogP contribution >= 0.6 is 23.2 Å². The molecule has 2 aromatic rings. The Bertz CT molecular complexity index is 1010. The van der Waals surface area contributed by atoms with Gasteiger partial charge in [-0.2, -0.15) is 0 Å². The van der Waals surface area contributed by atoms with Crippen LogP contribution in [0.4, 0.5) is 16.2 Å². The highest BCUT2D eigenvalue weighted by Gasteiger charge is 2.32. The van der Waals surface area contributed by atoms with Crippen molar-refractivity contribution >= 4 is 46.5 Å². The van der Waals surface area contributed by atoms with Crippen molar-refractivity contribution < 1.29 is 14.5 Å². The number of nitrogens with one attached hydrogen (secondary N) is 3. The monoisotopic (exact) mass is 420 g/mol. The van der Waals surface area contributed by atoms with Crippen LogP contribution in [0.3, 0.4) is 0 Å². The number of nitro groups is 1. The summed E-state index contributed by atoms with van der Waals surface area (Å²) < 4.78 is 0. The van der Waals surface area contributed by atoms with Crippen LogP contribution < -0.4 is 16.0 Å². The van der Waals surface area contributed by atoms with Crippen LogP contribution in [0.25, 0.3) is 0 Å². The van der Waals surface area contributed by atoms with Crippen molar-refractivity contribution in [1.29, 1.82) is 0 Å². The first-order chi connectivity index (χ1) is 13.3. The molecular formula is C18H14Cl2N4O4. The van der Waals surface area contributed by atoms with Crippen molar-refractivity contribution in [3.8, 4) is 0 Å². The van der Waals surface area contributed by atoms with Crippen molar-refractivity contribution in [3.05, 3.63) is 79.5 Å². The Morgan fingerprint density at radius 1 is 1.18 bits per heavy atom. The average Bonchev–Trinajstić information content (AvgIpc) is 2.61. The van der Waals surface area contributed by atoms with Gasteiger partial charge in [0.1, 0.15) is 0 Å². The molecular weight excluding hydrogens is 407 g/mol. The number of halogens is 2. The van der Waals surface area contributed by atoms with Crippen LogP contribution in [0.2, 0.25) is 10.0 Å². The number of nitrogens with zero attached hydrogens (tertiary/aromatic N) is 1. The maximum Gasteiger partial charge on any atom is 0.319 e. The zero-order valence-electron chi connectivity index (χ0n) is 14.5. The topological polar surface area (TPSA) is 113 Å². The number of benzene rings is 2. The third-order valence-corrected chi connectivity index (χ3v) is 4.69. The number of rotatable bonds is 4. The summed E-state index contributed by atoms with van der Waals surface area (Å²) in [6.07, 6.45) is 0. The van der Waals surface area contributed by atoms with Crippen molar-refractivity contribution in [2.24, 2.45) is 0 Å². The van der Waals surface area contributed by atoms with E-state index < -0.39 is 22.9 Å². The average molecular weight is 421 g/mol. The molecule has 0 saturated carbocycles. The Balaban J connectivity index is 1.93. The lowest BCUT2D eigenvalue weighted by Crippen LogP contribution is -2.46. The second kappa shape index (κ2) is 7.87. The third-order valence-electron chi connectivity index (χ3n) is 4.12. The van der Waals surface area contributed by atoms with E-state index in [1.807, 2.05) is 0 Å². The predicted molar refractivity (Wildman–Crippen MR) is 105 cm³/mol. The lowest BCUT2D eigenvalue weighted by molar-refractivity contribution is -0.384. The Morgan fingerprint density at radius 2 is 1.86 bits per heavy atom. The number of urea groups is 1. The van der Waals surface area contributed by atoms with Gasteiger partial charge in [0.25, 0.3) is 11.6 Å². The van der Waals surface area contributed by atoms with E-state index in [9.17, 15) is 19.7 Å². The number of anilines is 1. The molecule has 28 heavy (non-hydrogen) atoms. The first-order valence-electron chi connectivity index (χ1n) is 8.05. The van der Waals surface area contributed by atoms with E-state index in [-0.39, 0.29) is 11.3 Å². The summed E-state index contributed by atoms with van der Waals surface area (Å²) in [5, 5.41) is 19.4. The fourth-order valence-corrected chi connectivity index (χ4v) is 3.35. The molecule has 0 spiro atoms. The van der Waals surface area contributed by atoms with E-state index >= 15 is 0 Å². The summed E-state index contributed by atoms with van der Waals surface area (Å²) in [5.41, 5.74) is 1.40.